The molecule has 2 aromatic carbocycles. The third-order valence-electron chi connectivity index (χ3n) is 4.61. The van der Waals surface area contributed by atoms with Crippen LogP contribution in [0.15, 0.2) is 48.5 Å². The van der Waals surface area contributed by atoms with Crippen molar-refractivity contribution in [1.29, 1.82) is 0 Å². The van der Waals surface area contributed by atoms with Gasteiger partial charge in [-0.1, -0.05) is 30.3 Å². The summed E-state index contributed by atoms with van der Waals surface area (Å²) in [6, 6.07) is 12.9. The van der Waals surface area contributed by atoms with Crippen molar-refractivity contribution in [2.24, 2.45) is 0 Å². The minimum atomic E-state index is -0.679. The summed E-state index contributed by atoms with van der Waals surface area (Å²) in [5.74, 6) is -0.376. The maximum absolute atomic E-state index is 12.8. The molecule has 0 saturated heterocycles. The molecule has 0 aliphatic rings. The van der Waals surface area contributed by atoms with Crippen LogP contribution in [-0.2, 0) is 16.0 Å². The lowest BCUT2D eigenvalue weighted by atomic mass is 10.1. The second kappa shape index (κ2) is 10.8. The predicted molar refractivity (Wildman–Crippen MR) is 111 cm³/mol. The molecule has 1 N–H and O–H groups in total. The third-order valence-corrected chi connectivity index (χ3v) is 4.61. The highest BCUT2D eigenvalue weighted by molar-refractivity contribution is 5.87. The molecule has 0 heterocycles. The maximum atomic E-state index is 12.8. The number of nitro groups is 1. The number of hydrogen-bond donors (Lipinski definition) is 1. The van der Waals surface area contributed by atoms with Crippen LogP contribution >= 0.6 is 0 Å². The van der Waals surface area contributed by atoms with Gasteiger partial charge in [-0.25, -0.2) is 0 Å². The second-order valence-electron chi connectivity index (χ2n) is 6.49. The fraction of sp³-hybridized carbons (Fsp3) is 0.333. The van der Waals surface area contributed by atoms with Crippen molar-refractivity contribution in [3.8, 4) is 11.5 Å². The minimum Gasteiger partial charge on any atom is -0.490 e. The standard InChI is InChI=1S/C21H25N3O6/c1-15(21(26)22-2)23(12-11-16-7-5-4-6-8-16)20(25)14-30-17-9-10-18(24(27)28)19(13-17)29-3/h4-10,13,15H,11-12,14H2,1-3H3,(H,22,26)/t15-/m0/s1. The first-order valence-electron chi connectivity index (χ1n) is 9.37. The van der Waals surface area contributed by atoms with E-state index in [0.29, 0.717) is 13.0 Å². The van der Waals surface area contributed by atoms with Crippen molar-refractivity contribution in [2.45, 2.75) is 19.4 Å². The normalized spacial score (nSPS) is 11.3. The zero-order valence-electron chi connectivity index (χ0n) is 17.2. The molecule has 0 aliphatic carbocycles. The molecular formula is C21H25N3O6. The molecule has 0 bridgehead atoms. The molecular weight excluding hydrogens is 390 g/mol. The lowest BCUT2D eigenvalue weighted by molar-refractivity contribution is -0.385. The number of amides is 2. The molecule has 0 saturated carbocycles. The average Bonchev–Trinajstić information content (AvgIpc) is 2.77. The number of nitrogens with one attached hydrogen (secondary N) is 1. The molecule has 1 atom stereocenters. The summed E-state index contributed by atoms with van der Waals surface area (Å²) in [6.45, 7) is 1.66. The predicted octanol–water partition coefficient (Wildman–Crippen LogP) is 2.19. The van der Waals surface area contributed by atoms with E-state index < -0.39 is 11.0 Å². The van der Waals surface area contributed by atoms with Crippen molar-refractivity contribution in [1.82, 2.24) is 10.2 Å². The van der Waals surface area contributed by atoms with E-state index in [1.807, 2.05) is 30.3 Å². The van der Waals surface area contributed by atoms with Gasteiger partial charge < -0.3 is 19.7 Å². The lowest BCUT2D eigenvalue weighted by Crippen LogP contribution is -2.49. The highest BCUT2D eigenvalue weighted by Crippen LogP contribution is 2.30. The molecule has 0 radical (unpaired) electrons. The average molecular weight is 415 g/mol. The van der Waals surface area contributed by atoms with Crippen LogP contribution in [0.4, 0.5) is 5.69 Å². The molecule has 30 heavy (non-hydrogen) atoms. The van der Waals surface area contributed by atoms with Crippen LogP contribution in [0, 0.1) is 10.1 Å². The van der Waals surface area contributed by atoms with Crippen molar-refractivity contribution < 1.29 is 24.0 Å². The van der Waals surface area contributed by atoms with E-state index in [9.17, 15) is 19.7 Å². The first kappa shape index (κ1) is 22.7. The molecule has 160 valence electrons. The number of hydrogen-bond acceptors (Lipinski definition) is 6. The number of nitrogens with zero attached hydrogens (tertiary/aromatic N) is 2. The Morgan fingerprint density at radius 3 is 2.50 bits per heavy atom. The van der Waals surface area contributed by atoms with Crippen molar-refractivity contribution in [2.75, 3.05) is 27.3 Å². The molecule has 0 aromatic heterocycles. The molecule has 0 unspecified atom stereocenters. The van der Waals surface area contributed by atoms with Crippen LogP contribution in [0.1, 0.15) is 12.5 Å². The van der Waals surface area contributed by atoms with Crippen LogP contribution in [0.5, 0.6) is 11.5 Å². The first-order valence-corrected chi connectivity index (χ1v) is 9.37. The van der Waals surface area contributed by atoms with Crippen LogP contribution in [0.25, 0.3) is 0 Å². The summed E-state index contributed by atoms with van der Waals surface area (Å²) in [6.07, 6.45) is 0.583. The Bertz CT molecular complexity index is 888. The summed E-state index contributed by atoms with van der Waals surface area (Å²) in [4.78, 5) is 36.8. The number of ether oxygens (including phenoxy) is 2. The summed E-state index contributed by atoms with van der Waals surface area (Å²) in [7, 11) is 2.83. The molecule has 0 aliphatic heterocycles. The van der Waals surface area contributed by atoms with Gasteiger partial charge in [0.15, 0.2) is 6.61 Å². The van der Waals surface area contributed by atoms with Crippen LogP contribution in [0.2, 0.25) is 0 Å². The number of benzene rings is 2. The van der Waals surface area contributed by atoms with Gasteiger partial charge in [0.25, 0.3) is 5.91 Å². The Balaban J connectivity index is 2.09. The molecule has 2 rings (SSSR count). The van der Waals surface area contributed by atoms with E-state index in [4.69, 9.17) is 9.47 Å². The number of nitro benzene ring substituents is 1. The van der Waals surface area contributed by atoms with Gasteiger partial charge in [-0.3, -0.25) is 19.7 Å². The Labute approximate surface area is 174 Å². The van der Waals surface area contributed by atoms with E-state index in [1.165, 1.54) is 37.3 Å². The van der Waals surface area contributed by atoms with Crippen LogP contribution in [-0.4, -0.2) is 55.0 Å². The number of carbonyl (C=O) groups excluding carboxylic acids is 2. The largest absolute Gasteiger partial charge is 0.490 e. The van der Waals surface area contributed by atoms with E-state index in [-0.39, 0.29) is 35.6 Å². The van der Waals surface area contributed by atoms with Gasteiger partial charge in [0.2, 0.25) is 11.7 Å². The van der Waals surface area contributed by atoms with Crippen LogP contribution < -0.4 is 14.8 Å². The monoisotopic (exact) mass is 415 g/mol. The zero-order chi connectivity index (χ0) is 22.1. The molecule has 2 aromatic rings. The molecule has 0 spiro atoms. The maximum Gasteiger partial charge on any atom is 0.311 e. The van der Waals surface area contributed by atoms with Crippen molar-refractivity contribution >= 4 is 17.5 Å². The number of methoxy groups -OCH3 is 1. The van der Waals surface area contributed by atoms with Gasteiger partial charge in [-0.2, -0.15) is 0 Å². The zero-order valence-corrected chi connectivity index (χ0v) is 17.2. The van der Waals surface area contributed by atoms with Gasteiger partial charge in [-0.15, -0.1) is 0 Å². The van der Waals surface area contributed by atoms with E-state index in [2.05, 4.69) is 5.32 Å². The quantitative estimate of drug-likeness (QED) is 0.470. The van der Waals surface area contributed by atoms with Crippen LogP contribution in [0.3, 0.4) is 0 Å². The summed E-state index contributed by atoms with van der Waals surface area (Å²) in [5, 5.41) is 13.5. The van der Waals surface area contributed by atoms with E-state index in [0.717, 1.165) is 5.56 Å². The van der Waals surface area contributed by atoms with Gasteiger partial charge >= 0.3 is 5.69 Å². The van der Waals surface area contributed by atoms with E-state index >= 15 is 0 Å². The van der Waals surface area contributed by atoms with Gasteiger partial charge in [0, 0.05) is 25.7 Å². The van der Waals surface area contributed by atoms with Crippen molar-refractivity contribution in [3.05, 3.63) is 64.2 Å². The highest BCUT2D eigenvalue weighted by atomic mass is 16.6. The third kappa shape index (κ3) is 5.94. The van der Waals surface area contributed by atoms with E-state index in [1.54, 1.807) is 6.92 Å². The van der Waals surface area contributed by atoms with Gasteiger partial charge in [0.05, 0.1) is 12.0 Å². The van der Waals surface area contributed by atoms with Gasteiger partial charge in [-0.05, 0) is 25.0 Å². The molecule has 9 heteroatoms. The molecule has 9 nitrogen and oxygen atoms in total. The topological polar surface area (TPSA) is 111 Å². The fourth-order valence-electron chi connectivity index (χ4n) is 2.91. The SMILES string of the molecule is CNC(=O)[C@H](C)N(CCc1ccccc1)C(=O)COc1ccc([N+](=O)[O-])c(OC)c1. The number of rotatable bonds is 10. The van der Waals surface area contributed by atoms with Gasteiger partial charge in [0.1, 0.15) is 11.8 Å². The lowest BCUT2D eigenvalue weighted by Gasteiger charge is -2.28. The Kier molecular flexibility index (Phi) is 8.16. The number of carbonyl (C=O) groups is 2. The number of likely N-dealkylation sites (N-methyl/N-ethyl adjacent to an activating group) is 1. The Hall–Kier alpha value is -3.62. The fourth-order valence-corrected chi connectivity index (χ4v) is 2.91. The Morgan fingerprint density at radius 2 is 1.90 bits per heavy atom. The first-order chi connectivity index (χ1) is 14.4. The molecule has 0 fully saturated rings. The Morgan fingerprint density at radius 1 is 1.20 bits per heavy atom. The summed E-state index contributed by atoms with van der Waals surface area (Å²) >= 11 is 0. The summed E-state index contributed by atoms with van der Waals surface area (Å²) < 4.78 is 10.5. The second-order valence-corrected chi connectivity index (χ2v) is 6.49. The molecule has 2 amide bonds. The smallest absolute Gasteiger partial charge is 0.311 e. The van der Waals surface area contributed by atoms with Crippen molar-refractivity contribution in [3.63, 3.8) is 0 Å². The summed E-state index contributed by atoms with van der Waals surface area (Å²) in [5.41, 5.74) is 0.842. The minimum absolute atomic E-state index is 0.0320. The highest BCUT2D eigenvalue weighted by Gasteiger charge is 2.25.